The molecular weight excluding hydrogens is 330 g/mol. The molecule has 1 unspecified atom stereocenters. The molecule has 2 aromatic rings. The van der Waals surface area contributed by atoms with Crippen LogP contribution in [-0.2, 0) is 0 Å². The van der Waals surface area contributed by atoms with E-state index in [0.29, 0.717) is 11.7 Å². The van der Waals surface area contributed by atoms with Crippen molar-refractivity contribution in [1.29, 1.82) is 0 Å². The number of benzene rings is 1. The van der Waals surface area contributed by atoms with Crippen LogP contribution in [0.2, 0.25) is 0 Å². The van der Waals surface area contributed by atoms with Crippen LogP contribution in [0.4, 0.5) is 0 Å². The Morgan fingerprint density at radius 2 is 2.26 bits per heavy atom. The SMILES string of the molecule is Brc1cccc(-c2noc(C3CCCNC3)n2)c1.Cl. The molecule has 0 aliphatic carbocycles. The monoisotopic (exact) mass is 343 g/mol. The van der Waals surface area contributed by atoms with Gasteiger partial charge in [-0.05, 0) is 31.5 Å². The van der Waals surface area contributed by atoms with Crippen molar-refractivity contribution in [2.45, 2.75) is 18.8 Å². The minimum Gasteiger partial charge on any atom is -0.339 e. The van der Waals surface area contributed by atoms with Crippen LogP contribution in [0.15, 0.2) is 33.3 Å². The van der Waals surface area contributed by atoms with E-state index in [2.05, 4.69) is 31.4 Å². The Morgan fingerprint density at radius 3 is 3.00 bits per heavy atom. The van der Waals surface area contributed by atoms with Gasteiger partial charge in [0.15, 0.2) is 0 Å². The molecule has 19 heavy (non-hydrogen) atoms. The summed E-state index contributed by atoms with van der Waals surface area (Å²) < 4.78 is 6.40. The van der Waals surface area contributed by atoms with Crippen LogP contribution in [0, 0.1) is 0 Å². The van der Waals surface area contributed by atoms with E-state index in [-0.39, 0.29) is 12.4 Å². The molecule has 1 aliphatic heterocycles. The molecule has 1 saturated heterocycles. The lowest BCUT2D eigenvalue weighted by atomic mass is 10.00. The van der Waals surface area contributed by atoms with E-state index in [1.165, 1.54) is 6.42 Å². The first kappa shape index (κ1) is 14.5. The highest BCUT2D eigenvalue weighted by Crippen LogP contribution is 2.25. The zero-order chi connectivity index (χ0) is 12.4. The Bertz CT molecular complexity index is 540. The number of hydrogen-bond donors (Lipinski definition) is 1. The van der Waals surface area contributed by atoms with Gasteiger partial charge in [0.05, 0.1) is 5.92 Å². The van der Waals surface area contributed by atoms with Crippen LogP contribution in [0.1, 0.15) is 24.7 Å². The molecule has 1 aliphatic rings. The molecule has 1 N–H and O–H groups in total. The highest BCUT2D eigenvalue weighted by atomic mass is 79.9. The van der Waals surface area contributed by atoms with Gasteiger partial charge < -0.3 is 9.84 Å². The summed E-state index contributed by atoms with van der Waals surface area (Å²) in [5.41, 5.74) is 0.975. The second kappa shape index (κ2) is 6.50. The molecule has 0 spiro atoms. The molecule has 1 aromatic heterocycles. The van der Waals surface area contributed by atoms with Crippen molar-refractivity contribution in [1.82, 2.24) is 15.5 Å². The number of hydrogen-bond acceptors (Lipinski definition) is 4. The van der Waals surface area contributed by atoms with E-state index in [1.54, 1.807) is 0 Å². The number of rotatable bonds is 2. The fraction of sp³-hybridized carbons (Fsp3) is 0.385. The average Bonchev–Trinajstić information content (AvgIpc) is 2.89. The van der Waals surface area contributed by atoms with Crippen molar-refractivity contribution in [2.75, 3.05) is 13.1 Å². The Morgan fingerprint density at radius 1 is 1.37 bits per heavy atom. The number of nitrogens with one attached hydrogen (secondary N) is 1. The first-order valence-electron chi connectivity index (χ1n) is 6.13. The van der Waals surface area contributed by atoms with Gasteiger partial charge in [-0.25, -0.2) is 0 Å². The second-order valence-corrected chi connectivity index (χ2v) is 5.43. The van der Waals surface area contributed by atoms with Gasteiger partial charge in [0.2, 0.25) is 11.7 Å². The van der Waals surface area contributed by atoms with Gasteiger partial charge in [-0.1, -0.05) is 33.2 Å². The zero-order valence-corrected chi connectivity index (χ0v) is 12.7. The van der Waals surface area contributed by atoms with Gasteiger partial charge in [-0.3, -0.25) is 0 Å². The number of halogens is 2. The summed E-state index contributed by atoms with van der Waals surface area (Å²) in [5, 5.41) is 7.42. The van der Waals surface area contributed by atoms with Crippen LogP contribution in [0.25, 0.3) is 11.4 Å². The zero-order valence-electron chi connectivity index (χ0n) is 10.3. The lowest BCUT2D eigenvalue weighted by Gasteiger charge is -2.18. The maximum atomic E-state index is 5.38. The number of piperidine rings is 1. The quantitative estimate of drug-likeness (QED) is 0.907. The van der Waals surface area contributed by atoms with Crippen molar-refractivity contribution >= 4 is 28.3 Å². The molecule has 4 nitrogen and oxygen atoms in total. The second-order valence-electron chi connectivity index (χ2n) is 4.51. The van der Waals surface area contributed by atoms with Gasteiger partial charge in [0, 0.05) is 16.6 Å². The van der Waals surface area contributed by atoms with E-state index in [0.717, 1.165) is 35.4 Å². The van der Waals surface area contributed by atoms with Crippen LogP contribution in [0.3, 0.4) is 0 Å². The topological polar surface area (TPSA) is 51.0 Å². The van der Waals surface area contributed by atoms with Crippen LogP contribution in [0.5, 0.6) is 0 Å². The fourth-order valence-electron chi connectivity index (χ4n) is 2.21. The third-order valence-electron chi connectivity index (χ3n) is 3.17. The number of aromatic nitrogens is 2. The average molecular weight is 345 g/mol. The molecule has 2 heterocycles. The van der Waals surface area contributed by atoms with E-state index in [9.17, 15) is 0 Å². The van der Waals surface area contributed by atoms with Crippen LogP contribution >= 0.6 is 28.3 Å². The molecule has 3 rings (SSSR count). The smallest absolute Gasteiger partial charge is 0.231 e. The van der Waals surface area contributed by atoms with Gasteiger partial charge in [0.25, 0.3) is 0 Å². The van der Waals surface area contributed by atoms with Gasteiger partial charge >= 0.3 is 0 Å². The Labute approximate surface area is 126 Å². The maximum absolute atomic E-state index is 5.38. The highest BCUT2D eigenvalue weighted by Gasteiger charge is 2.21. The fourth-order valence-corrected chi connectivity index (χ4v) is 2.61. The molecule has 1 aromatic carbocycles. The first-order chi connectivity index (χ1) is 8.83. The van der Waals surface area contributed by atoms with Gasteiger partial charge in [0.1, 0.15) is 0 Å². The largest absolute Gasteiger partial charge is 0.339 e. The molecule has 102 valence electrons. The standard InChI is InChI=1S/C13H14BrN3O.ClH/c14-11-5-1-3-9(7-11)12-16-13(18-17-12)10-4-2-6-15-8-10;/h1,3,5,7,10,15H,2,4,6,8H2;1H. The number of nitrogens with zero attached hydrogens (tertiary/aromatic N) is 2. The maximum Gasteiger partial charge on any atom is 0.231 e. The molecule has 1 atom stereocenters. The highest BCUT2D eigenvalue weighted by molar-refractivity contribution is 9.10. The van der Waals surface area contributed by atoms with Crippen molar-refractivity contribution in [3.05, 3.63) is 34.6 Å². The lowest BCUT2D eigenvalue weighted by Crippen LogP contribution is -2.28. The molecule has 0 saturated carbocycles. The summed E-state index contributed by atoms with van der Waals surface area (Å²) >= 11 is 3.45. The molecule has 0 radical (unpaired) electrons. The predicted octanol–water partition coefficient (Wildman–Crippen LogP) is 3.39. The minimum absolute atomic E-state index is 0. The van der Waals surface area contributed by atoms with E-state index in [4.69, 9.17) is 4.52 Å². The van der Waals surface area contributed by atoms with Gasteiger partial charge in [-0.15, -0.1) is 12.4 Å². The molecular formula is C13H15BrClN3O. The normalized spacial score (nSPS) is 18.9. The van der Waals surface area contributed by atoms with Gasteiger partial charge in [-0.2, -0.15) is 4.98 Å². The Kier molecular flexibility index (Phi) is 4.96. The Hall–Kier alpha value is -0.910. The van der Waals surface area contributed by atoms with E-state index < -0.39 is 0 Å². The molecule has 6 heteroatoms. The summed E-state index contributed by atoms with van der Waals surface area (Å²) in [6.45, 7) is 2.02. The third-order valence-corrected chi connectivity index (χ3v) is 3.66. The van der Waals surface area contributed by atoms with Crippen molar-refractivity contribution in [2.24, 2.45) is 0 Å². The molecule has 0 bridgehead atoms. The summed E-state index contributed by atoms with van der Waals surface area (Å²) in [7, 11) is 0. The minimum atomic E-state index is 0. The predicted molar refractivity (Wildman–Crippen MR) is 79.5 cm³/mol. The van der Waals surface area contributed by atoms with Crippen LogP contribution in [-0.4, -0.2) is 23.2 Å². The lowest BCUT2D eigenvalue weighted by molar-refractivity contribution is 0.322. The summed E-state index contributed by atoms with van der Waals surface area (Å²) in [6, 6.07) is 7.93. The van der Waals surface area contributed by atoms with E-state index in [1.807, 2.05) is 24.3 Å². The third kappa shape index (κ3) is 3.35. The summed E-state index contributed by atoms with van der Waals surface area (Å²) in [4.78, 5) is 4.51. The molecule has 0 amide bonds. The first-order valence-corrected chi connectivity index (χ1v) is 6.92. The van der Waals surface area contributed by atoms with Crippen molar-refractivity contribution < 1.29 is 4.52 Å². The van der Waals surface area contributed by atoms with Crippen LogP contribution < -0.4 is 5.32 Å². The Balaban J connectivity index is 0.00000133. The molecule has 1 fully saturated rings. The van der Waals surface area contributed by atoms with Crippen molar-refractivity contribution in [3.8, 4) is 11.4 Å². The van der Waals surface area contributed by atoms with E-state index >= 15 is 0 Å². The summed E-state index contributed by atoms with van der Waals surface area (Å²) in [5.74, 6) is 1.77. The van der Waals surface area contributed by atoms with Crippen molar-refractivity contribution in [3.63, 3.8) is 0 Å². The summed E-state index contributed by atoms with van der Waals surface area (Å²) in [6.07, 6.45) is 2.28.